The second kappa shape index (κ2) is 11.8. The number of nitrogen functional groups attached to an aromatic ring is 1. The number of hydrogen-bond donors (Lipinski definition) is 3. The summed E-state index contributed by atoms with van der Waals surface area (Å²) in [4.78, 5) is 55.0. The summed E-state index contributed by atoms with van der Waals surface area (Å²) in [7, 11) is -4.88. The van der Waals surface area contributed by atoms with E-state index in [0.29, 0.717) is 12.2 Å². The molecule has 2 aliphatic rings. The summed E-state index contributed by atoms with van der Waals surface area (Å²) in [6.45, 7) is 2.87. The van der Waals surface area contributed by atoms with Gasteiger partial charge in [0.25, 0.3) is 13.4 Å². The van der Waals surface area contributed by atoms with Gasteiger partial charge >= 0.3 is 35.2 Å². The number of anilines is 1. The number of nitrogens with two attached hydrogens (primary N) is 1. The van der Waals surface area contributed by atoms with Gasteiger partial charge in [0.2, 0.25) is 5.95 Å². The minimum Gasteiger partial charge on any atom is -0.756 e. The molecule has 17 nitrogen and oxygen atoms in total. The third-order valence-electron chi connectivity index (χ3n) is 6.37. The summed E-state index contributed by atoms with van der Waals surface area (Å²) in [5.74, 6) is 0.186. The van der Waals surface area contributed by atoms with E-state index in [-0.39, 0.29) is 59.5 Å². The second-order valence-electron chi connectivity index (χ2n) is 8.97. The van der Waals surface area contributed by atoms with Crippen LogP contribution < -0.4 is 51.4 Å². The summed E-state index contributed by atoms with van der Waals surface area (Å²) in [5.41, 5.74) is 4.69. The van der Waals surface area contributed by atoms with Crippen LogP contribution in [0.5, 0.6) is 0 Å². The Bertz CT molecular complexity index is 1500. The first-order valence-corrected chi connectivity index (χ1v) is 13.3. The molecule has 7 atom stereocenters. The molecule has 0 aromatic carbocycles. The van der Waals surface area contributed by atoms with E-state index in [1.165, 1.54) is 17.2 Å². The molecule has 3 unspecified atom stereocenters. The standard InChI is InChI=1S/C20H27N8O9P.Na/c1-3-11-12(5-15(35-11)28-8-23-19(21)26-20(28)31)37-38(32,33)34-6-13-10(29)4-14(36-13)27-7-22-16-17(27)24-9(2)25-18(16)30;/h7-8,10-15,29H,3-6H2,1-2H3,(H,32,33)(H2,21,26,31)(H,24,25,30);/q;+1/p-1/t10?,11-,12?,13-,14-,15-;/m1./s1. The molecule has 0 bridgehead atoms. The first-order chi connectivity index (χ1) is 18.0. The Labute approximate surface area is 242 Å². The van der Waals surface area contributed by atoms with Gasteiger partial charge in [-0.15, -0.1) is 0 Å². The van der Waals surface area contributed by atoms with E-state index in [9.17, 15) is 24.2 Å². The molecule has 0 radical (unpaired) electrons. The van der Waals surface area contributed by atoms with Gasteiger partial charge in [-0.05, 0) is 13.3 Å². The molecule has 2 saturated heterocycles. The number of H-pyrrole nitrogens is 1. The van der Waals surface area contributed by atoms with Crippen LogP contribution in [0.3, 0.4) is 0 Å². The zero-order chi connectivity index (χ0) is 27.2. The number of aryl methyl sites for hydroxylation is 1. The van der Waals surface area contributed by atoms with E-state index in [2.05, 4.69) is 24.9 Å². The van der Waals surface area contributed by atoms with Crippen LogP contribution in [0, 0.1) is 6.92 Å². The van der Waals surface area contributed by atoms with Crippen molar-refractivity contribution in [2.24, 2.45) is 0 Å². The summed E-state index contributed by atoms with van der Waals surface area (Å²) in [5, 5.41) is 10.5. The van der Waals surface area contributed by atoms with Crippen molar-refractivity contribution >= 4 is 24.9 Å². The Morgan fingerprint density at radius 1 is 1.18 bits per heavy atom. The first-order valence-electron chi connectivity index (χ1n) is 11.8. The Hall–Kier alpha value is -2.05. The Morgan fingerprint density at radius 3 is 2.59 bits per heavy atom. The zero-order valence-electron chi connectivity index (χ0n) is 21.4. The molecular weight excluding hydrogens is 550 g/mol. The number of hydrogen-bond acceptors (Lipinski definition) is 14. The summed E-state index contributed by atoms with van der Waals surface area (Å²) in [6, 6.07) is 0. The molecule has 0 aliphatic carbocycles. The van der Waals surface area contributed by atoms with E-state index >= 15 is 0 Å². The van der Waals surface area contributed by atoms with Crippen LogP contribution in [0.2, 0.25) is 0 Å². The molecule has 39 heavy (non-hydrogen) atoms. The van der Waals surface area contributed by atoms with Crippen molar-refractivity contribution in [1.29, 1.82) is 0 Å². The van der Waals surface area contributed by atoms with Crippen LogP contribution in [0.4, 0.5) is 5.95 Å². The average molecular weight is 576 g/mol. The number of aromatic nitrogens is 7. The average Bonchev–Trinajstić information content (AvgIpc) is 3.54. The molecular formula is C20H26N8NaO9P. The van der Waals surface area contributed by atoms with Gasteiger partial charge in [-0.3, -0.25) is 18.5 Å². The van der Waals surface area contributed by atoms with Crippen molar-refractivity contribution in [1.82, 2.24) is 34.1 Å². The van der Waals surface area contributed by atoms with Crippen LogP contribution >= 0.6 is 7.82 Å². The normalized spacial score (nSPS) is 28.4. The number of phosphoric ester groups is 1. The van der Waals surface area contributed by atoms with Crippen molar-refractivity contribution in [3.8, 4) is 0 Å². The number of fused-ring (bicyclic) bond motifs is 1. The zero-order valence-corrected chi connectivity index (χ0v) is 24.3. The Balaban J connectivity index is 0.00000353. The Morgan fingerprint density at radius 2 is 1.87 bits per heavy atom. The predicted octanol–water partition coefficient (Wildman–Crippen LogP) is -4.12. The number of aliphatic hydroxyl groups excluding tert-OH is 1. The molecule has 5 heterocycles. The number of ether oxygens (including phenoxy) is 2. The van der Waals surface area contributed by atoms with Gasteiger partial charge in [0, 0.05) is 12.8 Å². The van der Waals surface area contributed by atoms with Crippen LogP contribution in [0.25, 0.3) is 11.2 Å². The number of aromatic amines is 1. The Kier molecular flexibility index (Phi) is 9.07. The maximum atomic E-state index is 12.6. The van der Waals surface area contributed by atoms with Gasteiger partial charge in [-0.2, -0.15) is 4.98 Å². The van der Waals surface area contributed by atoms with Gasteiger partial charge in [0.15, 0.2) is 11.2 Å². The minimum atomic E-state index is -4.88. The number of phosphoric acid groups is 1. The molecule has 0 amide bonds. The molecule has 206 valence electrons. The number of nitrogens with one attached hydrogen (secondary N) is 1. The van der Waals surface area contributed by atoms with Crippen LogP contribution in [-0.4, -0.2) is 70.2 Å². The predicted molar refractivity (Wildman–Crippen MR) is 125 cm³/mol. The van der Waals surface area contributed by atoms with Crippen LogP contribution in [0.1, 0.15) is 44.5 Å². The van der Waals surface area contributed by atoms with Gasteiger partial charge in [0.05, 0.1) is 31.2 Å². The number of nitrogens with zero attached hydrogens (tertiary/aromatic N) is 6. The van der Waals surface area contributed by atoms with Crippen molar-refractivity contribution < 1.29 is 62.6 Å². The van der Waals surface area contributed by atoms with Crippen molar-refractivity contribution in [2.45, 2.75) is 70.0 Å². The maximum Gasteiger partial charge on any atom is 1.00 e. The quantitative estimate of drug-likeness (QED) is 0.171. The van der Waals surface area contributed by atoms with E-state index in [4.69, 9.17) is 24.3 Å². The number of imidazole rings is 1. The second-order valence-corrected chi connectivity index (χ2v) is 10.3. The largest absolute Gasteiger partial charge is 1.00 e. The fourth-order valence-corrected chi connectivity index (χ4v) is 5.48. The third-order valence-corrected chi connectivity index (χ3v) is 7.36. The molecule has 2 fully saturated rings. The van der Waals surface area contributed by atoms with E-state index in [1.807, 2.05) is 0 Å². The van der Waals surface area contributed by atoms with E-state index < -0.39 is 62.6 Å². The molecule has 3 aromatic heterocycles. The third kappa shape index (κ3) is 6.32. The van der Waals surface area contributed by atoms with Gasteiger partial charge < -0.3 is 39.2 Å². The summed E-state index contributed by atoms with van der Waals surface area (Å²) < 4.78 is 37.1. The number of rotatable bonds is 8. The van der Waals surface area contributed by atoms with E-state index in [1.54, 1.807) is 13.8 Å². The fourth-order valence-electron chi connectivity index (χ4n) is 4.54. The molecule has 2 aliphatic heterocycles. The molecule has 0 spiro atoms. The SMILES string of the molecule is CC[C@H]1O[C@@H](n2cnc(N)nc2=O)CC1OP(=O)([O-])OC[C@H]1O[C@@H](n2cnc3c(=O)[nH]c(C)nc32)CC1O.[Na+]. The van der Waals surface area contributed by atoms with Crippen molar-refractivity contribution in [3.63, 3.8) is 0 Å². The number of aliphatic hydroxyl groups is 1. The van der Waals surface area contributed by atoms with Gasteiger partial charge in [-0.25, -0.2) is 19.7 Å². The fraction of sp³-hybridized carbons (Fsp3) is 0.600. The first kappa shape index (κ1) is 29.9. The molecule has 5 rings (SSSR count). The smallest absolute Gasteiger partial charge is 0.756 e. The van der Waals surface area contributed by atoms with Crippen LogP contribution in [-0.2, 0) is 23.1 Å². The summed E-state index contributed by atoms with van der Waals surface area (Å²) >= 11 is 0. The van der Waals surface area contributed by atoms with Gasteiger partial charge in [0.1, 0.15) is 30.7 Å². The van der Waals surface area contributed by atoms with Crippen molar-refractivity contribution in [3.05, 3.63) is 39.3 Å². The monoisotopic (exact) mass is 576 g/mol. The van der Waals surface area contributed by atoms with Crippen LogP contribution in [0.15, 0.2) is 22.2 Å². The van der Waals surface area contributed by atoms with Gasteiger partial charge in [-0.1, -0.05) is 6.92 Å². The summed E-state index contributed by atoms with van der Waals surface area (Å²) in [6.07, 6.45) is -2.23. The molecule has 4 N–H and O–H groups in total. The van der Waals surface area contributed by atoms with Crippen molar-refractivity contribution in [2.75, 3.05) is 12.3 Å². The van der Waals surface area contributed by atoms with E-state index in [0.717, 1.165) is 4.57 Å². The minimum absolute atomic E-state index is 0. The molecule has 19 heteroatoms. The molecule has 3 aromatic rings. The maximum absolute atomic E-state index is 12.6. The topological polar surface area (TPSA) is 235 Å². The molecule has 0 saturated carbocycles.